The average molecular weight is 239 g/mol. The molecule has 0 atom stereocenters. The third kappa shape index (κ3) is 6.88. The minimum Gasteiger partial charge on any atom is -0.383 e. The number of aromatic nitrogens is 1. The van der Waals surface area contributed by atoms with Crippen molar-refractivity contribution in [2.24, 2.45) is 0 Å². The predicted molar refractivity (Wildman–Crippen MR) is 68.1 cm³/mol. The molecule has 5 heteroatoms. The number of nitrogens with one attached hydrogen (secondary N) is 3. The Morgan fingerprint density at radius 1 is 1.24 bits per heavy atom. The van der Waals surface area contributed by atoms with Crippen LogP contribution in [-0.2, 0) is 11.3 Å². The number of rotatable bonds is 9. The summed E-state index contributed by atoms with van der Waals surface area (Å²) >= 11 is 0. The standard InChI is InChI=1S/C12H21N3O2/c1-17-9-8-13-6-3-7-14-10-11-4-2-5-12(16)15-11/h2,4-5,13-14H,3,6-10H2,1H3,(H,15,16). The van der Waals surface area contributed by atoms with E-state index >= 15 is 0 Å². The Morgan fingerprint density at radius 3 is 2.82 bits per heavy atom. The van der Waals surface area contributed by atoms with E-state index in [-0.39, 0.29) is 5.56 Å². The maximum Gasteiger partial charge on any atom is 0.248 e. The van der Waals surface area contributed by atoms with Crippen LogP contribution in [-0.4, -0.2) is 38.3 Å². The van der Waals surface area contributed by atoms with E-state index in [4.69, 9.17) is 4.74 Å². The molecule has 1 rings (SSSR count). The topological polar surface area (TPSA) is 66.2 Å². The van der Waals surface area contributed by atoms with Gasteiger partial charge in [-0.25, -0.2) is 0 Å². The van der Waals surface area contributed by atoms with Crippen LogP contribution in [0.25, 0.3) is 0 Å². The smallest absolute Gasteiger partial charge is 0.248 e. The van der Waals surface area contributed by atoms with Gasteiger partial charge in [0.2, 0.25) is 5.56 Å². The van der Waals surface area contributed by atoms with Gasteiger partial charge in [-0.3, -0.25) is 4.79 Å². The summed E-state index contributed by atoms with van der Waals surface area (Å²) in [7, 11) is 1.70. The maximum atomic E-state index is 11.0. The van der Waals surface area contributed by atoms with Crippen molar-refractivity contribution in [3.05, 3.63) is 34.2 Å². The molecule has 0 aromatic carbocycles. The summed E-state index contributed by atoms with van der Waals surface area (Å²) in [5.41, 5.74) is 0.871. The van der Waals surface area contributed by atoms with Crippen LogP contribution in [0.1, 0.15) is 12.1 Å². The summed E-state index contributed by atoms with van der Waals surface area (Å²) < 4.78 is 4.93. The van der Waals surface area contributed by atoms with E-state index in [1.807, 2.05) is 6.07 Å². The van der Waals surface area contributed by atoms with Gasteiger partial charge in [-0.05, 0) is 25.6 Å². The van der Waals surface area contributed by atoms with E-state index in [2.05, 4.69) is 15.6 Å². The van der Waals surface area contributed by atoms with Crippen molar-refractivity contribution in [2.45, 2.75) is 13.0 Å². The minimum absolute atomic E-state index is 0.0504. The minimum atomic E-state index is -0.0504. The van der Waals surface area contributed by atoms with Gasteiger partial charge in [0.15, 0.2) is 0 Å². The Hall–Kier alpha value is -1.17. The average Bonchev–Trinajstić information content (AvgIpc) is 2.33. The Kier molecular flexibility index (Phi) is 7.29. The van der Waals surface area contributed by atoms with Crippen molar-refractivity contribution < 1.29 is 4.74 Å². The quantitative estimate of drug-likeness (QED) is 0.534. The Balaban J connectivity index is 1.99. The molecule has 5 nitrogen and oxygen atoms in total. The highest BCUT2D eigenvalue weighted by Crippen LogP contribution is 1.88. The highest BCUT2D eigenvalue weighted by atomic mass is 16.5. The number of ether oxygens (including phenoxy) is 1. The molecule has 3 N–H and O–H groups in total. The van der Waals surface area contributed by atoms with E-state index in [9.17, 15) is 4.79 Å². The summed E-state index contributed by atoms with van der Waals surface area (Å²) in [6.45, 7) is 4.24. The van der Waals surface area contributed by atoms with Crippen molar-refractivity contribution in [1.29, 1.82) is 0 Å². The van der Waals surface area contributed by atoms with E-state index in [1.165, 1.54) is 6.07 Å². The van der Waals surface area contributed by atoms with Crippen molar-refractivity contribution >= 4 is 0 Å². The third-order valence-electron chi connectivity index (χ3n) is 2.33. The molecule has 0 aliphatic heterocycles. The molecule has 1 aromatic rings. The lowest BCUT2D eigenvalue weighted by Crippen LogP contribution is -2.24. The van der Waals surface area contributed by atoms with Crippen LogP contribution >= 0.6 is 0 Å². The number of hydrogen-bond donors (Lipinski definition) is 3. The lowest BCUT2D eigenvalue weighted by Gasteiger charge is -2.06. The van der Waals surface area contributed by atoms with E-state index in [0.717, 1.165) is 38.4 Å². The first-order valence-electron chi connectivity index (χ1n) is 5.91. The van der Waals surface area contributed by atoms with Crippen molar-refractivity contribution in [2.75, 3.05) is 33.4 Å². The molecule has 96 valence electrons. The number of H-pyrrole nitrogens is 1. The molecule has 0 amide bonds. The lowest BCUT2D eigenvalue weighted by atomic mass is 10.3. The Morgan fingerprint density at radius 2 is 2.06 bits per heavy atom. The molecule has 0 saturated carbocycles. The summed E-state index contributed by atoms with van der Waals surface area (Å²) in [6.07, 6.45) is 1.06. The highest BCUT2D eigenvalue weighted by Gasteiger charge is 1.93. The van der Waals surface area contributed by atoms with E-state index in [0.29, 0.717) is 6.54 Å². The summed E-state index contributed by atoms with van der Waals surface area (Å²) in [5, 5.41) is 6.55. The lowest BCUT2D eigenvalue weighted by molar-refractivity contribution is 0.199. The summed E-state index contributed by atoms with van der Waals surface area (Å²) in [4.78, 5) is 13.8. The molecular formula is C12H21N3O2. The van der Waals surface area contributed by atoms with Gasteiger partial charge >= 0.3 is 0 Å². The summed E-state index contributed by atoms with van der Waals surface area (Å²) in [5.74, 6) is 0. The second-order valence-electron chi connectivity index (χ2n) is 3.81. The van der Waals surface area contributed by atoms with Gasteiger partial charge in [0.1, 0.15) is 0 Å². The van der Waals surface area contributed by atoms with Crippen molar-refractivity contribution in [3.8, 4) is 0 Å². The van der Waals surface area contributed by atoms with Crippen LogP contribution < -0.4 is 16.2 Å². The van der Waals surface area contributed by atoms with E-state index in [1.54, 1.807) is 13.2 Å². The number of hydrogen-bond acceptors (Lipinski definition) is 4. The molecule has 1 heterocycles. The number of pyridine rings is 1. The van der Waals surface area contributed by atoms with Crippen LogP contribution in [0.2, 0.25) is 0 Å². The first-order valence-corrected chi connectivity index (χ1v) is 5.91. The van der Waals surface area contributed by atoms with Gasteiger partial charge in [0.25, 0.3) is 0 Å². The molecule has 0 bridgehead atoms. The molecule has 1 aromatic heterocycles. The van der Waals surface area contributed by atoms with Crippen LogP contribution in [0.15, 0.2) is 23.0 Å². The zero-order chi connectivity index (χ0) is 12.3. The zero-order valence-corrected chi connectivity index (χ0v) is 10.3. The highest BCUT2D eigenvalue weighted by molar-refractivity contribution is 5.03. The van der Waals surface area contributed by atoms with Crippen LogP contribution in [0, 0.1) is 0 Å². The molecule has 17 heavy (non-hydrogen) atoms. The normalized spacial score (nSPS) is 10.6. The van der Waals surface area contributed by atoms with Crippen molar-refractivity contribution in [1.82, 2.24) is 15.6 Å². The Bertz CT molecular complexity index is 352. The second kappa shape index (κ2) is 8.92. The third-order valence-corrected chi connectivity index (χ3v) is 2.33. The first kappa shape index (κ1) is 13.9. The first-order chi connectivity index (χ1) is 8.33. The molecule has 0 fully saturated rings. The fourth-order valence-corrected chi connectivity index (χ4v) is 1.46. The fraction of sp³-hybridized carbons (Fsp3) is 0.583. The maximum absolute atomic E-state index is 11.0. The number of methoxy groups -OCH3 is 1. The van der Waals surface area contributed by atoms with Gasteiger partial charge in [-0.15, -0.1) is 0 Å². The van der Waals surface area contributed by atoms with Crippen LogP contribution in [0.5, 0.6) is 0 Å². The van der Waals surface area contributed by atoms with Crippen LogP contribution in [0.4, 0.5) is 0 Å². The zero-order valence-electron chi connectivity index (χ0n) is 10.3. The van der Waals surface area contributed by atoms with Gasteiger partial charge in [-0.1, -0.05) is 6.07 Å². The molecule has 0 spiro atoms. The monoisotopic (exact) mass is 239 g/mol. The summed E-state index contributed by atoms with van der Waals surface area (Å²) in [6, 6.07) is 5.19. The van der Waals surface area contributed by atoms with Gasteiger partial charge in [0.05, 0.1) is 6.61 Å². The Labute approximate surface area is 102 Å². The largest absolute Gasteiger partial charge is 0.383 e. The van der Waals surface area contributed by atoms with Gasteiger partial charge in [0, 0.05) is 32.0 Å². The van der Waals surface area contributed by atoms with Crippen molar-refractivity contribution in [3.63, 3.8) is 0 Å². The molecular weight excluding hydrogens is 218 g/mol. The SMILES string of the molecule is COCCNCCCNCc1cccc(=O)[nH]1. The van der Waals surface area contributed by atoms with Crippen LogP contribution in [0.3, 0.4) is 0 Å². The predicted octanol–water partition coefficient (Wildman–Crippen LogP) is 0.0906. The van der Waals surface area contributed by atoms with Gasteiger partial charge < -0.3 is 20.4 Å². The fourth-order valence-electron chi connectivity index (χ4n) is 1.46. The second-order valence-corrected chi connectivity index (χ2v) is 3.81. The molecule has 0 radical (unpaired) electrons. The number of aromatic amines is 1. The molecule has 0 saturated heterocycles. The van der Waals surface area contributed by atoms with E-state index < -0.39 is 0 Å². The molecule has 0 aliphatic carbocycles. The van der Waals surface area contributed by atoms with Gasteiger partial charge in [-0.2, -0.15) is 0 Å². The molecule has 0 aliphatic rings. The molecule has 0 unspecified atom stereocenters.